The third-order valence-corrected chi connectivity index (χ3v) is 4.79. The summed E-state index contributed by atoms with van der Waals surface area (Å²) in [6.45, 7) is 8.97. The predicted molar refractivity (Wildman–Crippen MR) is 97.8 cm³/mol. The molecule has 1 aromatic rings. The fraction of sp³-hybridized carbons (Fsp3) is 0.600. The molecule has 4 nitrogen and oxygen atoms in total. The van der Waals surface area contributed by atoms with E-state index in [1.54, 1.807) is 0 Å². The maximum atomic E-state index is 12.5. The monoisotopic (exact) mass is 330 g/mol. The quantitative estimate of drug-likeness (QED) is 0.862. The van der Waals surface area contributed by atoms with Crippen LogP contribution in [0.5, 0.6) is 0 Å². The molecule has 0 unspecified atom stereocenters. The number of carbonyl (C=O) groups is 2. The molecule has 0 spiro atoms. The van der Waals surface area contributed by atoms with Crippen LogP contribution in [0.2, 0.25) is 0 Å². The summed E-state index contributed by atoms with van der Waals surface area (Å²) in [4.78, 5) is 24.6. The summed E-state index contributed by atoms with van der Waals surface area (Å²) in [7, 11) is 0. The van der Waals surface area contributed by atoms with Crippen molar-refractivity contribution in [1.29, 1.82) is 0 Å². The summed E-state index contributed by atoms with van der Waals surface area (Å²) in [6.07, 6.45) is 3.18. The highest BCUT2D eigenvalue weighted by Gasteiger charge is 2.30. The van der Waals surface area contributed by atoms with E-state index in [2.05, 4.69) is 30.5 Å². The highest BCUT2D eigenvalue weighted by Crippen LogP contribution is 2.30. The molecule has 0 bridgehead atoms. The van der Waals surface area contributed by atoms with E-state index >= 15 is 0 Å². The summed E-state index contributed by atoms with van der Waals surface area (Å²) in [5, 5.41) is 6.06. The van der Waals surface area contributed by atoms with Gasteiger partial charge in [-0.05, 0) is 57.1 Å². The summed E-state index contributed by atoms with van der Waals surface area (Å²) in [6, 6.07) is 6.05. The first kappa shape index (κ1) is 18.5. The van der Waals surface area contributed by atoms with Crippen LogP contribution in [0.25, 0.3) is 0 Å². The summed E-state index contributed by atoms with van der Waals surface area (Å²) >= 11 is 0. The average molecular weight is 330 g/mol. The number of rotatable bonds is 5. The van der Waals surface area contributed by atoms with Gasteiger partial charge in [-0.1, -0.05) is 31.5 Å². The number of benzene rings is 1. The number of hydrogen-bond acceptors (Lipinski definition) is 2. The van der Waals surface area contributed by atoms with Crippen LogP contribution < -0.4 is 10.6 Å². The van der Waals surface area contributed by atoms with Crippen LogP contribution in [0, 0.1) is 31.6 Å². The second-order valence-corrected chi connectivity index (χ2v) is 7.50. The van der Waals surface area contributed by atoms with Crippen LogP contribution in [-0.2, 0) is 9.59 Å². The predicted octanol–water partition coefficient (Wildman–Crippen LogP) is 3.82. The van der Waals surface area contributed by atoms with Gasteiger partial charge in [0.25, 0.3) is 0 Å². The molecule has 4 heteroatoms. The Morgan fingerprint density at radius 3 is 2.17 bits per heavy atom. The molecule has 24 heavy (non-hydrogen) atoms. The first-order valence-corrected chi connectivity index (χ1v) is 9.02. The first-order chi connectivity index (χ1) is 11.4. The van der Waals surface area contributed by atoms with E-state index in [9.17, 15) is 9.59 Å². The van der Waals surface area contributed by atoms with Crippen LogP contribution in [0.15, 0.2) is 18.2 Å². The van der Waals surface area contributed by atoms with Gasteiger partial charge in [0.15, 0.2) is 0 Å². The van der Waals surface area contributed by atoms with E-state index in [4.69, 9.17) is 0 Å². The van der Waals surface area contributed by atoms with Gasteiger partial charge in [0.2, 0.25) is 11.8 Å². The summed E-state index contributed by atoms with van der Waals surface area (Å²) in [5.74, 6) is 0.780. The molecule has 0 heterocycles. The van der Waals surface area contributed by atoms with Crippen molar-refractivity contribution in [3.63, 3.8) is 0 Å². The van der Waals surface area contributed by atoms with Gasteiger partial charge in [0.1, 0.15) is 0 Å². The summed E-state index contributed by atoms with van der Waals surface area (Å²) < 4.78 is 0. The van der Waals surface area contributed by atoms with Gasteiger partial charge >= 0.3 is 0 Å². The second kappa shape index (κ2) is 8.32. The van der Waals surface area contributed by atoms with Gasteiger partial charge in [-0.2, -0.15) is 0 Å². The minimum atomic E-state index is 0.0138. The zero-order valence-electron chi connectivity index (χ0n) is 15.3. The Bertz CT molecular complexity index is 587. The van der Waals surface area contributed by atoms with Crippen LogP contribution in [0.3, 0.4) is 0 Å². The highest BCUT2D eigenvalue weighted by atomic mass is 16.2. The molecule has 1 fully saturated rings. The summed E-state index contributed by atoms with van der Waals surface area (Å²) in [5.41, 5.74) is 3.17. The Balaban J connectivity index is 1.83. The van der Waals surface area contributed by atoms with Gasteiger partial charge in [0, 0.05) is 24.1 Å². The molecular formula is C20H30N2O2. The zero-order chi connectivity index (χ0) is 17.7. The molecule has 1 saturated carbocycles. The van der Waals surface area contributed by atoms with Crippen LogP contribution in [0.4, 0.5) is 5.69 Å². The number of anilines is 1. The van der Waals surface area contributed by atoms with E-state index in [0.717, 1.165) is 43.5 Å². The van der Waals surface area contributed by atoms with Crippen molar-refractivity contribution in [2.75, 3.05) is 11.9 Å². The van der Waals surface area contributed by atoms with Gasteiger partial charge in [-0.15, -0.1) is 0 Å². The minimum absolute atomic E-state index is 0.0138. The number of aryl methyl sites for hydroxylation is 2. The Labute approximate surface area is 145 Å². The molecular weight excluding hydrogens is 300 g/mol. The van der Waals surface area contributed by atoms with E-state index in [1.807, 2.05) is 26.0 Å². The topological polar surface area (TPSA) is 58.2 Å². The maximum absolute atomic E-state index is 12.5. The number of carbonyl (C=O) groups excluding carboxylic acids is 2. The lowest BCUT2D eigenvalue weighted by Crippen LogP contribution is -2.37. The fourth-order valence-electron chi connectivity index (χ4n) is 3.26. The van der Waals surface area contributed by atoms with E-state index in [1.165, 1.54) is 5.56 Å². The number of hydrogen-bond donors (Lipinski definition) is 2. The number of amides is 2. The van der Waals surface area contributed by atoms with Crippen molar-refractivity contribution in [3.8, 4) is 0 Å². The Morgan fingerprint density at radius 1 is 1.04 bits per heavy atom. The second-order valence-electron chi connectivity index (χ2n) is 7.50. The molecule has 2 rings (SSSR count). The average Bonchev–Trinajstić information content (AvgIpc) is 2.55. The third-order valence-electron chi connectivity index (χ3n) is 4.79. The van der Waals surface area contributed by atoms with Gasteiger partial charge in [-0.3, -0.25) is 9.59 Å². The molecule has 0 atom stereocenters. The Hall–Kier alpha value is -1.84. The van der Waals surface area contributed by atoms with E-state index in [0.29, 0.717) is 5.92 Å². The van der Waals surface area contributed by atoms with Crippen LogP contribution in [-0.4, -0.2) is 18.4 Å². The van der Waals surface area contributed by atoms with Gasteiger partial charge in [-0.25, -0.2) is 0 Å². The van der Waals surface area contributed by atoms with Crippen molar-refractivity contribution < 1.29 is 9.59 Å². The molecule has 1 aliphatic rings. The van der Waals surface area contributed by atoms with Crippen molar-refractivity contribution in [2.45, 2.75) is 53.4 Å². The molecule has 0 aromatic heterocycles. The zero-order valence-corrected chi connectivity index (χ0v) is 15.3. The lowest BCUT2D eigenvalue weighted by atomic mass is 9.81. The van der Waals surface area contributed by atoms with Gasteiger partial charge < -0.3 is 10.6 Å². The molecule has 0 radical (unpaired) electrons. The first-order valence-electron chi connectivity index (χ1n) is 9.02. The Morgan fingerprint density at radius 2 is 1.62 bits per heavy atom. The van der Waals surface area contributed by atoms with Crippen LogP contribution in [0.1, 0.15) is 50.7 Å². The highest BCUT2D eigenvalue weighted by molar-refractivity contribution is 5.93. The Kier molecular flexibility index (Phi) is 6.41. The largest absolute Gasteiger partial charge is 0.356 e. The van der Waals surface area contributed by atoms with Gasteiger partial charge in [0.05, 0.1) is 0 Å². The number of nitrogens with one attached hydrogen (secondary N) is 2. The molecule has 0 aliphatic heterocycles. The van der Waals surface area contributed by atoms with Crippen LogP contribution >= 0.6 is 0 Å². The lowest BCUT2D eigenvalue weighted by Gasteiger charge is -2.27. The molecule has 1 aliphatic carbocycles. The SMILES string of the molecule is Cc1ccc(NC(=O)C2CCC(C(=O)NCC(C)C)CC2)c(C)c1. The molecule has 0 saturated heterocycles. The molecule has 2 amide bonds. The lowest BCUT2D eigenvalue weighted by molar-refractivity contribution is -0.128. The standard InChI is InChI=1S/C20H30N2O2/c1-13(2)12-21-19(23)16-6-8-17(9-7-16)20(24)22-18-10-5-14(3)11-15(18)4/h5,10-11,13,16-17H,6-9,12H2,1-4H3,(H,21,23)(H,22,24). The minimum Gasteiger partial charge on any atom is -0.356 e. The molecule has 132 valence electrons. The van der Waals surface area contributed by atoms with E-state index in [-0.39, 0.29) is 23.7 Å². The fourth-order valence-corrected chi connectivity index (χ4v) is 3.26. The third kappa shape index (κ3) is 5.08. The normalized spacial score (nSPS) is 20.7. The smallest absolute Gasteiger partial charge is 0.227 e. The maximum Gasteiger partial charge on any atom is 0.227 e. The van der Waals surface area contributed by atoms with Crippen molar-refractivity contribution in [3.05, 3.63) is 29.3 Å². The molecule has 1 aromatic carbocycles. The van der Waals surface area contributed by atoms with E-state index < -0.39 is 0 Å². The van der Waals surface area contributed by atoms with Crippen molar-refractivity contribution in [2.24, 2.45) is 17.8 Å². The molecule has 2 N–H and O–H groups in total. The van der Waals surface area contributed by atoms with Crippen molar-refractivity contribution >= 4 is 17.5 Å². The van der Waals surface area contributed by atoms with Crippen molar-refractivity contribution in [1.82, 2.24) is 5.32 Å².